The third-order valence-corrected chi connectivity index (χ3v) is 3.87. The molecule has 0 saturated heterocycles. The molecule has 0 unspecified atom stereocenters. The van der Waals surface area contributed by atoms with Gasteiger partial charge in [-0.1, -0.05) is 6.07 Å². The van der Waals surface area contributed by atoms with E-state index in [1.54, 1.807) is 6.20 Å². The molecular weight excluding hydrogens is 288 g/mol. The lowest BCUT2D eigenvalue weighted by atomic mass is 10.2. The summed E-state index contributed by atoms with van der Waals surface area (Å²) >= 11 is 0. The predicted molar refractivity (Wildman–Crippen MR) is 92.3 cm³/mol. The Labute approximate surface area is 135 Å². The Hall–Kier alpha value is -2.82. The van der Waals surface area contributed by atoms with E-state index >= 15 is 0 Å². The summed E-state index contributed by atoms with van der Waals surface area (Å²) in [5.74, 6) is -0.0717. The molecule has 0 atom stereocenters. The molecule has 1 aromatic carbocycles. The normalized spacial score (nSPS) is 10.8. The van der Waals surface area contributed by atoms with Gasteiger partial charge in [0.2, 0.25) is 0 Å². The number of amides is 1. The maximum Gasteiger partial charge on any atom is 0.267 e. The van der Waals surface area contributed by atoms with Crippen LogP contribution >= 0.6 is 0 Å². The second-order valence-electron chi connectivity index (χ2n) is 5.42. The first-order valence-electron chi connectivity index (χ1n) is 7.76. The number of anilines is 1. The summed E-state index contributed by atoms with van der Waals surface area (Å²) in [5, 5.41) is 3.95. The van der Waals surface area contributed by atoms with Gasteiger partial charge in [0, 0.05) is 48.0 Å². The molecule has 3 N–H and O–H groups in total. The summed E-state index contributed by atoms with van der Waals surface area (Å²) in [7, 11) is 0. The average Bonchev–Trinajstić information content (AvgIpc) is 2.93. The fourth-order valence-electron chi connectivity index (χ4n) is 2.76. The van der Waals surface area contributed by atoms with Crippen molar-refractivity contribution in [3.63, 3.8) is 0 Å². The van der Waals surface area contributed by atoms with Gasteiger partial charge >= 0.3 is 0 Å². The van der Waals surface area contributed by atoms with Crippen molar-refractivity contribution in [3.05, 3.63) is 60.0 Å². The highest BCUT2D eigenvalue weighted by molar-refractivity contribution is 5.99. The zero-order valence-electron chi connectivity index (χ0n) is 13.1. The number of nitrogens with two attached hydrogens (primary N) is 1. The molecular formula is C18H20N4O. The SMILES string of the molecule is CCn1c(C(=O)NCCc2ccccn2)cc2cc(N)ccc21. The molecule has 0 spiro atoms. The molecule has 0 saturated carbocycles. The van der Waals surface area contributed by atoms with Crippen molar-refractivity contribution >= 4 is 22.5 Å². The van der Waals surface area contributed by atoms with Gasteiger partial charge < -0.3 is 15.6 Å². The minimum absolute atomic E-state index is 0.0717. The molecule has 118 valence electrons. The Morgan fingerprint density at radius 2 is 2.13 bits per heavy atom. The smallest absolute Gasteiger partial charge is 0.267 e. The van der Waals surface area contributed by atoms with E-state index in [-0.39, 0.29) is 5.91 Å². The number of fused-ring (bicyclic) bond motifs is 1. The number of benzene rings is 1. The highest BCUT2D eigenvalue weighted by Crippen LogP contribution is 2.22. The van der Waals surface area contributed by atoms with Gasteiger partial charge in [-0.15, -0.1) is 0 Å². The third-order valence-electron chi connectivity index (χ3n) is 3.87. The Morgan fingerprint density at radius 3 is 2.87 bits per heavy atom. The fourth-order valence-corrected chi connectivity index (χ4v) is 2.76. The standard InChI is InChI=1S/C18H20N4O/c1-2-22-16-7-6-14(19)11-13(16)12-17(22)18(23)21-10-8-15-5-3-4-9-20-15/h3-7,9,11-12H,2,8,10,19H2,1H3,(H,21,23). The second-order valence-corrected chi connectivity index (χ2v) is 5.42. The number of nitrogens with zero attached hydrogens (tertiary/aromatic N) is 2. The molecule has 3 rings (SSSR count). The molecule has 5 nitrogen and oxygen atoms in total. The van der Waals surface area contributed by atoms with Crippen LogP contribution in [0.4, 0.5) is 5.69 Å². The van der Waals surface area contributed by atoms with Crippen LogP contribution in [-0.4, -0.2) is 22.0 Å². The van der Waals surface area contributed by atoms with Gasteiger partial charge in [0.15, 0.2) is 0 Å². The van der Waals surface area contributed by atoms with Crippen molar-refractivity contribution in [2.24, 2.45) is 0 Å². The Bertz CT molecular complexity index is 824. The topological polar surface area (TPSA) is 72.9 Å². The van der Waals surface area contributed by atoms with Gasteiger partial charge in [-0.2, -0.15) is 0 Å². The van der Waals surface area contributed by atoms with Crippen molar-refractivity contribution in [1.82, 2.24) is 14.9 Å². The second kappa shape index (κ2) is 6.52. The van der Waals surface area contributed by atoms with Crippen molar-refractivity contribution in [2.75, 3.05) is 12.3 Å². The highest BCUT2D eigenvalue weighted by atomic mass is 16.1. The number of rotatable bonds is 5. The number of pyridine rings is 1. The summed E-state index contributed by atoms with van der Waals surface area (Å²) < 4.78 is 2.00. The van der Waals surface area contributed by atoms with Crippen LogP contribution in [0.1, 0.15) is 23.1 Å². The Kier molecular flexibility index (Phi) is 4.28. The lowest BCUT2D eigenvalue weighted by molar-refractivity contribution is 0.0945. The predicted octanol–water partition coefficient (Wildman–Crippen LogP) is 2.61. The molecule has 23 heavy (non-hydrogen) atoms. The van der Waals surface area contributed by atoms with E-state index in [9.17, 15) is 4.79 Å². The first kappa shape index (κ1) is 15.1. The molecule has 0 aliphatic heterocycles. The minimum atomic E-state index is -0.0717. The Morgan fingerprint density at radius 1 is 1.26 bits per heavy atom. The molecule has 0 fully saturated rings. The van der Waals surface area contributed by atoms with Crippen LogP contribution in [0.2, 0.25) is 0 Å². The van der Waals surface area contributed by atoms with E-state index in [4.69, 9.17) is 5.73 Å². The number of carbonyl (C=O) groups excluding carboxylic acids is 1. The Balaban J connectivity index is 1.75. The number of hydrogen-bond acceptors (Lipinski definition) is 3. The zero-order valence-corrected chi connectivity index (χ0v) is 13.1. The number of aromatic nitrogens is 2. The van der Waals surface area contributed by atoms with Gasteiger partial charge in [-0.3, -0.25) is 9.78 Å². The highest BCUT2D eigenvalue weighted by Gasteiger charge is 2.14. The van der Waals surface area contributed by atoms with E-state index < -0.39 is 0 Å². The molecule has 2 aromatic heterocycles. The molecule has 2 heterocycles. The molecule has 0 bridgehead atoms. The van der Waals surface area contributed by atoms with Crippen LogP contribution < -0.4 is 11.1 Å². The van der Waals surface area contributed by atoms with Crippen LogP contribution in [0.5, 0.6) is 0 Å². The van der Waals surface area contributed by atoms with Crippen LogP contribution in [-0.2, 0) is 13.0 Å². The summed E-state index contributed by atoms with van der Waals surface area (Å²) in [4.78, 5) is 16.7. The first-order valence-corrected chi connectivity index (χ1v) is 7.76. The van der Waals surface area contributed by atoms with E-state index in [1.807, 2.05) is 54.0 Å². The summed E-state index contributed by atoms with van der Waals surface area (Å²) in [6.45, 7) is 3.32. The third kappa shape index (κ3) is 3.18. The summed E-state index contributed by atoms with van der Waals surface area (Å²) in [6, 6.07) is 13.4. The first-order chi connectivity index (χ1) is 11.2. The monoisotopic (exact) mass is 308 g/mol. The average molecular weight is 308 g/mol. The lowest BCUT2D eigenvalue weighted by Gasteiger charge is -2.09. The number of nitrogens with one attached hydrogen (secondary N) is 1. The van der Waals surface area contributed by atoms with Gasteiger partial charge in [0.05, 0.1) is 0 Å². The zero-order chi connectivity index (χ0) is 16.2. The van der Waals surface area contributed by atoms with Crippen LogP contribution in [0.25, 0.3) is 10.9 Å². The molecule has 3 aromatic rings. The molecule has 0 aliphatic rings. The van der Waals surface area contributed by atoms with E-state index in [2.05, 4.69) is 10.3 Å². The van der Waals surface area contributed by atoms with Crippen LogP contribution in [0.3, 0.4) is 0 Å². The van der Waals surface area contributed by atoms with Crippen molar-refractivity contribution < 1.29 is 4.79 Å². The maximum atomic E-state index is 12.5. The number of aryl methyl sites for hydroxylation is 1. The molecule has 0 aliphatic carbocycles. The lowest BCUT2D eigenvalue weighted by Crippen LogP contribution is -2.27. The molecule has 0 radical (unpaired) electrons. The minimum Gasteiger partial charge on any atom is -0.399 e. The molecule has 5 heteroatoms. The van der Waals surface area contributed by atoms with Gasteiger partial charge in [-0.25, -0.2) is 0 Å². The van der Waals surface area contributed by atoms with Crippen LogP contribution in [0.15, 0.2) is 48.7 Å². The van der Waals surface area contributed by atoms with Gasteiger partial charge in [0.25, 0.3) is 5.91 Å². The summed E-state index contributed by atoms with van der Waals surface area (Å²) in [5.41, 5.74) is 9.19. The van der Waals surface area contributed by atoms with Gasteiger partial charge in [-0.05, 0) is 43.3 Å². The number of carbonyl (C=O) groups is 1. The summed E-state index contributed by atoms with van der Waals surface area (Å²) in [6.07, 6.45) is 2.47. The number of hydrogen-bond donors (Lipinski definition) is 2. The maximum absolute atomic E-state index is 12.5. The van der Waals surface area contributed by atoms with E-state index in [0.717, 1.165) is 23.1 Å². The quantitative estimate of drug-likeness (QED) is 0.712. The van der Waals surface area contributed by atoms with Crippen molar-refractivity contribution in [3.8, 4) is 0 Å². The van der Waals surface area contributed by atoms with Crippen LogP contribution in [0, 0.1) is 0 Å². The van der Waals surface area contributed by atoms with Gasteiger partial charge in [0.1, 0.15) is 5.69 Å². The van der Waals surface area contributed by atoms with E-state index in [1.165, 1.54) is 0 Å². The largest absolute Gasteiger partial charge is 0.399 e. The fraction of sp³-hybridized carbons (Fsp3) is 0.222. The van der Waals surface area contributed by atoms with Crippen molar-refractivity contribution in [1.29, 1.82) is 0 Å². The molecule has 1 amide bonds. The van der Waals surface area contributed by atoms with Crippen molar-refractivity contribution in [2.45, 2.75) is 19.9 Å². The number of nitrogen functional groups attached to an aromatic ring is 1. The van der Waals surface area contributed by atoms with E-state index in [0.29, 0.717) is 24.3 Å².